The Morgan fingerprint density at radius 2 is 1.02 bits per heavy atom. The lowest BCUT2D eigenvalue weighted by Crippen LogP contribution is -2.26. The highest BCUT2D eigenvalue weighted by Crippen LogP contribution is 2.49. The van der Waals surface area contributed by atoms with Crippen LogP contribution in [-0.4, -0.2) is 21.5 Å². The molecule has 0 amide bonds. The number of nitrogens with zero attached hydrogens (tertiary/aromatic N) is 3. The molecule has 4 heteroatoms. The Bertz CT molecular complexity index is 2670. The summed E-state index contributed by atoms with van der Waals surface area (Å²) in [5, 5.41) is 8.73. The number of rotatable bonds is 2. The normalized spacial score (nSPS) is 16.6. The number of amidine groups is 1. The van der Waals surface area contributed by atoms with Crippen LogP contribution >= 0.6 is 0 Å². The predicted octanol–water partition coefficient (Wildman–Crippen LogP) is 10.6. The summed E-state index contributed by atoms with van der Waals surface area (Å²) in [4.78, 5) is 5.12. The third kappa shape index (κ3) is 3.43. The molecule has 11 rings (SSSR count). The number of para-hydroxylation sites is 4. The lowest BCUT2D eigenvalue weighted by molar-refractivity contribution is 0.630. The Morgan fingerprint density at radius 3 is 1.56 bits per heavy atom. The Hall–Kier alpha value is -5.87. The second-order valence-corrected chi connectivity index (χ2v) is 15.3. The molecule has 4 nitrogen and oxygen atoms in total. The van der Waals surface area contributed by atoms with Gasteiger partial charge < -0.3 is 14.5 Å². The van der Waals surface area contributed by atoms with E-state index in [1.54, 1.807) is 0 Å². The average molecular weight is 645 g/mol. The van der Waals surface area contributed by atoms with Gasteiger partial charge in [0.2, 0.25) is 0 Å². The molecule has 1 N–H and O–H groups in total. The van der Waals surface area contributed by atoms with Crippen LogP contribution in [0.4, 0.5) is 0 Å². The van der Waals surface area contributed by atoms with Gasteiger partial charge in [-0.25, -0.2) is 0 Å². The Labute approximate surface area is 291 Å². The monoisotopic (exact) mass is 644 g/mol. The molecule has 50 heavy (non-hydrogen) atoms. The van der Waals surface area contributed by atoms with E-state index in [0.717, 1.165) is 11.4 Å². The summed E-state index contributed by atoms with van der Waals surface area (Å²) < 4.78 is 4.94. The summed E-state index contributed by atoms with van der Waals surface area (Å²) in [6, 6.07) is 45.1. The smallest absolute Gasteiger partial charge is 0.132 e. The topological polar surface area (TPSA) is 34.2 Å². The first-order chi connectivity index (χ1) is 24.3. The largest absolute Gasteiger partial charge is 0.346 e. The zero-order chi connectivity index (χ0) is 33.5. The summed E-state index contributed by atoms with van der Waals surface area (Å²) in [6.45, 7) is 10.0. The van der Waals surface area contributed by atoms with Gasteiger partial charge >= 0.3 is 0 Å². The molecular formula is C46H36N4. The minimum atomic E-state index is -0.0724. The molecular weight excluding hydrogens is 609 g/mol. The molecule has 3 aliphatic rings. The van der Waals surface area contributed by atoms with Crippen LogP contribution in [0, 0.1) is 0 Å². The van der Waals surface area contributed by atoms with Crippen LogP contribution in [0.15, 0.2) is 133 Å². The van der Waals surface area contributed by atoms with Gasteiger partial charge in [0, 0.05) is 44.1 Å². The van der Waals surface area contributed by atoms with Crippen molar-refractivity contribution in [2.24, 2.45) is 4.99 Å². The highest BCUT2D eigenvalue weighted by molar-refractivity contribution is 6.15. The third-order valence-corrected chi connectivity index (χ3v) is 12.0. The van der Waals surface area contributed by atoms with Crippen LogP contribution in [0.5, 0.6) is 0 Å². The van der Waals surface area contributed by atoms with Crippen molar-refractivity contribution >= 4 is 55.0 Å². The quantitative estimate of drug-likeness (QED) is 0.200. The second-order valence-electron chi connectivity index (χ2n) is 15.3. The summed E-state index contributed by atoms with van der Waals surface area (Å²) >= 11 is 0. The molecule has 3 aliphatic heterocycles. The van der Waals surface area contributed by atoms with Crippen molar-refractivity contribution in [2.75, 3.05) is 6.54 Å². The maximum absolute atomic E-state index is 5.12. The van der Waals surface area contributed by atoms with Gasteiger partial charge in [-0.2, -0.15) is 0 Å². The maximum Gasteiger partial charge on any atom is 0.132 e. The molecule has 8 aromatic rings. The highest BCUT2D eigenvalue weighted by Gasteiger charge is 2.36. The number of aliphatic imine (C=N–C) groups is 1. The first-order valence-corrected chi connectivity index (χ1v) is 17.7. The lowest BCUT2D eigenvalue weighted by atomic mass is 9.75. The molecule has 0 saturated heterocycles. The molecule has 2 aromatic heterocycles. The van der Waals surface area contributed by atoms with Gasteiger partial charge in [0.25, 0.3) is 0 Å². The van der Waals surface area contributed by atoms with E-state index in [2.05, 4.69) is 170 Å². The van der Waals surface area contributed by atoms with Crippen molar-refractivity contribution in [2.45, 2.75) is 38.5 Å². The highest BCUT2D eigenvalue weighted by atomic mass is 15.0. The molecule has 0 saturated carbocycles. The van der Waals surface area contributed by atoms with Gasteiger partial charge in [-0.1, -0.05) is 107 Å². The van der Waals surface area contributed by atoms with E-state index in [0.29, 0.717) is 6.54 Å². The minimum absolute atomic E-state index is 0.0677. The maximum atomic E-state index is 5.12. The number of hydrogen-bond donors (Lipinski definition) is 1. The van der Waals surface area contributed by atoms with E-state index in [4.69, 9.17) is 4.99 Å². The molecule has 0 spiro atoms. The predicted molar refractivity (Wildman–Crippen MR) is 208 cm³/mol. The van der Waals surface area contributed by atoms with Gasteiger partial charge in [0.1, 0.15) is 5.84 Å². The van der Waals surface area contributed by atoms with Gasteiger partial charge in [0.05, 0.1) is 40.0 Å². The molecule has 6 aromatic carbocycles. The Morgan fingerprint density at radius 1 is 0.520 bits per heavy atom. The van der Waals surface area contributed by atoms with Gasteiger partial charge in [-0.05, 0) is 75.9 Å². The van der Waals surface area contributed by atoms with Crippen LogP contribution in [0.3, 0.4) is 0 Å². The first-order valence-electron chi connectivity index (χ1n) is 17.7. The first kappa shape index (κ1) is 28.0. The van der Waals surface area contributed by atoms with Gasteiger partial charge in [0.15, 0.2) is 0 Å². The van der Waals surface area contributed by atoms with E-state index >= 15 is 0 Å². The summed E-state index contributed by atoms with van der Waals surface area (Å²) in [6.07, 6.45) is 2.16. The average Bonchev–Trinajstić information content (AvgIpc) is 3.66. The molecule has 240 valence electrons. The number of aromatic nitrogens is 2. The fourth-order valence-corrected chi connectivity index (χ4v) is 9.44. The van der Waals surface area contributed by atoms with Crippen molar-refractivity contribution < 1.29 is 0 Å². The molecule has 5 heterocycles. The van der Waals surface area contributed by atoms with Crippen LogP contribution in [0.1, 0.15) is 61.1 Å². The molecule has 0 aliphatic carbocycles. The van der Waals surface area contributed by atoms with Crippen molar-refractivity contribution in [3.63, 3.8) is 0 Å². The van der Waals surface area contributed by atoms with Gasteiger partial charge in [-0.3, -0.25) is 4.99 Å². The number of fused-ring (bicyclic) bond motifs is 10. The molecule has 0 unspecified atom stereocenters. The van der Waals surface area contributed by atoms with Gasteiger partial charge in [-0.15, -0.1) is 0 Å². The molecule has 0 atom stereocenters. The summed E-state index contributed by atoms with van der Waals surface area (Å²) in [7, 11) is 0. The number of benzene rings is 6. The fourth-order valence-electron chi connectivity index (χ4n) is 9.44. The zero-order valence-corrected chi connectivity index (χ0v) is 28.7. The molecule has 0 bridgehead atoms. The van der Waals surface area contributed by atoms with Crippen molar-refractivity contribution in [1.29, 1.82) is 0 Å². The molecule has 0 radical (unpaired) electrons. The standard InChI is InChI=1S/C46H36N4/c1-45(2)34-13-5-7-17-40(34)49-38-21-19-27(23-32(38)30-11-9-15-36(45)42(30)49)29-25-47-44(48-26-29)28-20-22-39-33(24-28)31-12-10-16-37-43(31)50(39)41-18-8-6-14-35(41)46(37,3)4/h5-25H,26H2,1-4H3,(H,47,48). The Kier molecular flexibility index (Phi) is 5.28. The number of hydrogen-bond acceptors (Lipinski definition) is 2. The third-order valence-electron chi connectivity index (χ3n) is 12.0. The van der Waals surface area contributed by atoms with Crippen LogP contribution < -0.4 is 5.32 Å². The Balaban J connectivity index is 0.986. The van der Waals surface area contributed by atoms with Crippen molar-refractivity contribution in [1.82, 2.24) is 14.5 Å². The van der Waals surface area contributed by atoms with E-state index in [1.165, 1.54) is 88.4 Å². The number of nitrogens with one attached hydrogen (secondary N) is 1. The summed E-state index contributed by atoms with van der Waals surface area (Å²) in [5.74, 6) is 0.912. The second kappa shape index (κ2) is 9.42. The molecule has 0 fully saturated rings. The van der Waals surface area contributed by atoms with E-state index < -0.39 is 0 Å². The van der Waals surface area contributed by atoms with Crippen LogP contribution in [0.25, 0.3) is 60.6 Å². The van der Waals surface area contributed by atoms with Crippen LogP contribution in [-0.2, 0) is 10.8 Å². The minimum Gasteiger partial charge on any atom is -0.346 e. The van der Waals surface area contributed by atoms with E-state index in [9.17, 15) is 0 Å². The lowest BCUT2D eigenvalue weighted by Gasteiger charge is -2.34. The van der Waals surface area contributed by atoms with E-state index in [1.807, 2.05) is 0 Å². The summed E-state index contributed by atoms with van der Waals surface area (Å²) in [5.41, 5.74) is 16.5. The van der Waals surface area contributed by atoms with Crippen LogP contribution in [0.2, 0.25) is 0 Å². The SMILES string of the molecule is CC1(C)c2ccccc2-n2c3ccc(C4=CNC(c5ccc6c(c5)c5cccc7c5n6-c5ccccc5C7(C)C)=NC4)cc3c3cccc1c32. The fraction of sp³-hybridized carbons (Fsp3) is 0.152. The zero-order valence-electron chi connectivity index (χ0n) is 28.7. The van der Waals surface area contributed by atoms with Crippen molar-refractivity contribution in [3.8, 4) is 11.4 Å². The van der Waals surface area contributed by atoms with Crippen molar-refractivity contribution in [3.05, 3.63) is 161 Å². The van der Waals surface area contributed by atoms with E-state index in [-0.39, 0.29) is 10.8 Å².